The largest absolute Gasteiger partial charge is 0.365 e. The zero-order chi connectivity index (χ0) is 18.6. The molecule has 0 unspecified atom stereocenters. The van der Waals surface area contributed by atoms with E-state index in [9.17, 15) is 4.79 Å². The van der Waals surface area contributed by atoms with Gasteiger partial charge in [0.05, 0.1) is 5.56 Å². The van der Waals surface area contributed by atoms with E-state index in [2.05, 4.69) is 44.5 Å². The van der Waals surface area contributed by atoms with Crippen LogP contribution in [-0.4, -0.2) is 22.4 Å². The van der Waals surface area contributed by atoms with Gasteiger partial charge in [-0.05, 0) is 35.7 Å². The van der Waals surface area contributed by atoms with Gasteiger partial charge in [0.1, 0.15) is 11.6 Å². The lowest BCUT2D eigenvalue weighted by Crippen LogP contribution is -2.32. The van der Waals surface area contributed by atoms with Crippen LogP contribution >= 0.6 is 0 Å². The second-order valence-electron chi connectivity index (χ2n) is 6.54. The molecule has 3 heterocycles. The summed E-state index contributed by atoms with van der Waals surface area (Å²) >= 11 is 0. The first-order valence-corrected chi connectivity index (χ1v) is 8.96. The smallest absolute Gasteiger partial charge is 0.252 e. The molecule has 1 aromatic carbocycles. The molecule has 0 bridgehead atoms. The summed E-state index contributed by atoms with van der Waals surface area (Å²) in [5.41, 5.74) is 9.62. The number of hydrogen-bond acceptors (Lipinski definition) is 5. The van der Waals surface area contributed by atoms with E-state index in [1.54, 1.807) is 18.3 Å². The Bertz CT molecular complexity index is 972. The van der Waals surface area contributed by atoms with Crippen LogP contribution in [0.3, 0.4) is 0 Å². The van der Waals surface area contributed by atoms with E-state index in [0.29, 0.717) is 17.9 Å². The van der Waals surface area contributed by atoms with Gasteiger partial charge in [0.25, 0.3) is 5.91 Å². The van der Waals surface area contributed by atoms with Crippen molar-refractivity contribution in [1.29, 1.82) is 0 Å². The number of fused-ring (bicyclic) bond motifs is 1. The Balaban J connectivity index is 1.55. The van der Waals surface area contributed by atoms with Crippen molar-refractivity contribution in [3.63, 3.8) is 0 Å². The maximum absolute atomic E-state index is 11.6. The molecular weight excluding hydrogens is 338 g/mol. The Morgan fingerprint density at radius 1 is 1.04 bits per heavy atom. The number of nitrogens with one attached hydrogen (secondary N) is 1. The Morgan fingerprint density at radius 2 is 1.81 bits per heavy atom. The summed E-state index contributed by atoms with van der Waals surface area (Å²) in [7, 11) is 0. The van der Waals surface area contributed by atoms with Crippen LogP contribution in [0.15, 0.2) is 60.9 Å². The van der Waals surface area contributed by atoms with Crippen LogP contribution in [0.1, 0.15) is 27.0 Å². The maximum atomic E-state index is 11.6. The lowest BCUT2D eigenvalue weighted by atomic mass is 9.99. The molecule has 3 N–H and O–H groups in total. The van der Waals surface area contributed by atoms with E-state index in [1.807, 2.05) is 18.3 Å². The third-order valence-corrected chi connectivity index (χ3v) is 4.82. The highest BCUT2D eigenvalue weighted by atomic mass is 16.1. The fourth-order valence-electron chi connectivity index (χ4n) is 3.45. The Morgan fingerprint density at radius 3 is 2.67 bits per heavy atom. The number of carbonyl (C=O) groups excluding carboxylic acids is 1. The monoisotopic (exact) mass is 359 g/mol. The van der Waals surface area contributed by atoms with Crippen LogP contribution < -0.4 is 16.0 Å². The number of anilines is 2. The van der Waals surface area contributed by atoms with Gasteiger partial charge in [-0.15, -0.1) is 0 Å². The van der Waals surface area contributed by atoms with Gasteiger partial charge in [-0.1, -0.05) is 30.3 Å². The maximum Gasteiger partial charge on any atom is 0.252 e. The van der Waals surface area contributed by atoms with E-state index in [-0.39, 0.29) is 0 Å². The molecule has 0 radical (unpaired) electrons. The molecule has 0 saturated carbocycles. The van der Waals surface area contributed by atoms with Gasteiger partial charge in [-0.25, -0.2) is 9.97 Å². The first kappa shape index (κ1) is 17.0. The van der Waals surface area contributed by atoms with Gasteiger partial charge in [0.2, 0.25) is 0 Å². The van der Waals surface area contributed by atoms with Crippen LogP contribution in [-0.2, 0) is 19.5 Å². The zero-order valence-electron chi connectivity index (χ0n) is 14.9. The topological polar surface area (TPSA) is 84.1 Å². The molecule has 136 valence electrons. The van der Waals surface area contributed by atoms with Gasteiger partial charge in [0, 0.05) is 37.6 Å². The number of aromatic nitrogens is 2. The fourth-order valence-corrected chi connectivity index (χ4v) is 3.45. The van der Waals surface area contributed by atoms with Gasteiger partial charge in [0.15, 0.2) is 0 Å². The summed E-state index contributed by atoms with van der Waals surface area (Å²) in [5, 5.41) is 3.23. The van der Waals surface area contributed by atoms with Gasteiger partial charge >= 0.3 is 0 Å². The van der Waals surface area contributed by atoms with Crippen LogP contribution in [0.25, 0.3) is 0 Å². The molecule has 1 aliphatic heterocycles. The standard InChI is InChI=1S/C21H21N5O/c22-19(27)18-8-4-10-23-20(18)25-13-16-7-3-11-24-21(16)26-12-9-15-5-1-2-6-17(15)14-26/h1-8,10-11H,9,12-14H2,(H2,22,27)(H,23,25). The summed E-state index contributed by atoms with van der Waals surface area (Å²) < 4.78 is 0. The molecule has 0 spiro atoms. The molecular formula is C21H21N5O. The Labute approximate surface area is 158 Å². The quantitative estimate of drug-likeness (QED) is 0.732. The lowest BCUT2D eigenvalue weighted by molar-refractivity contribution is 0.100. The molecule has 27 heavy (non-hydrogen) atoms. The molecule has 0 aliphatic carbocycles. The predicted molar refractivity (Wildman–Crippen MR) is 106 cm³/mol. The van der Waals surface area contributed by atoms with Crippen molar-refractivity contribution in [2.75, 3.05) is 16.8 Å². The minimum absolute atomic E-state index is 0.384. The van der Waals surface area contributed by atoms with Crippen molar-refractivity contribution in [2.24, 2.45) is 5.73 Å². The van der Waals surface area contributed by atoms with Crippen LogP contribution in [0, 0.1) is 0 Å². The SMILES string of the molecule is NC(=O)c1cccnc1NCc1cccnc1N1CCc2ccccc2C1. The summed E-state index contributed by atoms with van der Waals surface area (Å²) in [5.74, 6) is 0.949. The first-order chi connectivity index (χ1) is 13.2. The third-order valence-electron chi connectivity index (χ3n) is 4.82. The minimum atomic E-state index is -0.496. The Hall–Kier alpha value is -3.41. The summed E-state index contributed by atoms with van der Waals surface area (Å²) in [6.07, 6.45) is 4.46. The molecule has 1 aliphatic rings. The van der Waals surface area contributed by atoms with Crippen molar-refractivity contribution >= 4 is 17.5 Å². The van der Waals surface area contributed by atoms with E-state index in [0.717, 1.165) is 30.9 Å². The van der Waals surface area contributed by atoms with Crippen molar-refractivity contribution in [2.45, 2.75) is 19.5 Å². The van der Waals surface area contributed by atoms with Crippen molar-refractivity contribution in [3.05, 3.63) is 83.2 Å². The van der Waals surface area contributed by atoms with E-state index < -0.39 is 5.91 Å². The van der Waals surface area contributed by atoms with Gasteiger partial charge in [-0.3, -0.25) is 4.79 Å². The summed E-state index contributed by atoms with van der Waals surface area (Å²) in [6.45, 7) is 2.28. The molecule has 2 aromatic heterocycles. The van der Waals surface area contributed by atoms with Crippen molar-refractivity contribution in [3.8, 4) is 0 Å². The number of primary amides is 1. The van der Waals surface area contributed by atoms with Gasteiger partial charge < -0.3 is 16.0 Å². The van der Waals surface area contributed by atoms with E-state index in [1.165, 1.54) is 11.1 Å². The van der Waals surface area contributed by atoms with Crippen LogP contribution in [0.5, 0.6) is 0 Å². The summed E-state index contributed by atoms with van der Waals surface area (Å²) in [6, 6.07) is 15.9. The third kappa shape index (κ3) is 3.60. The number of hydrogen-bond donors (Lipinski definition) is 2. The second kappa shape index (κ2) is 7.45. The molecule has 0 saturated heterocycles. The molecule has 6 nitrogen and oxygen atoms in total. The average Bonchev–Trinajstić information content (AvgIpc) is 2.72. The number of benzene rings is 1. The van der Waals surface area contributed by atoms with E-state index >= 15 is 0 Å². The number of rotatable bonds is 5. The van der Waals surface area contributed by atoms with Gasteiger partial charge in [-0.2, -0.15) is 0 Å². The summed E-state index contributed by atoms with van der Waals surface area (Å²) in [4.78, 5) is 22.7. The molecule has 4 rings (SSSR count). The van der Waals surface area contributed by atoms with Crippen molar-refractivity contribution < 1.29 is 4.79 Å². The fraction of sp³-hybridized carbons (Fsp3) is 0.190. The normalized spacial score (nSPS) is 13.1. The number of nitrogens with zero attached hydrogens (tertiary/aromatic N) is 3. The van der Waals surface area contributed by atoms with Crippen LogP contribution in [0.2, 0.25) is 0 Å². The molecule has 3 aromatic rings. The van der Waals surface area contributed by atoms with Crippen LogP contribution in [0.4, 0.5) is 11.6 Å². The minimum Gasteiger partial charge on any atom is -0.365 e. The molecule has 6 heteroatoms. The number of nitrogens with two attached hydrogens (primary N) is 1. The highest BCUT2D eigenvalue weighted by Gasteiger charge is 2.19. The molecule has 1 amide bonds. The highest BCUT2D eigenvalue weighted by molar-refractivity contribution is 5.97. The molecule has 0 fully saturated rings. The number of pyridine rings is 2. The van der Waals surface area contributed by atoms with E-state index in [4.69, 9.17) is 5.73 Å². The zero-order valence-corrected chi connectivity index (χ0v) is 14.9. The lowest BCUT2D eigenvalue weighted by Gasteiger charge is -2.31. The number of amides is 1. The Kier molecular flexibility index (Phi) is 4.70. The number of carbonyl (C=O) groups is 1. The average molecular weight is 359 g/mol. The highest BCUT2D eigenvalue weighted by Crippen LogP contribution is 2.26. The predicted octanol–water partition coefficient (Wildman–Crippen LogP) is 2.75. The molecule has 0 atom stereocenters. The second-order valence-corrected chi connectivity index (χ2v) is 6.54. The first-order valence-electron chi connectivity index (χ1n) is 8.96. The van der Waals surface area contributed by atoms with Crippen molar-refractivity contribution in [1.82, 2.24) is 9.97 Å².